The molecule has 0 aromatic rings. The maximum absolute atomic E-state index is 10.3. The van der Waals surface area contributed by atoms with E-state index in [4.69, 9.17) is 4.55 Å². The fraction of sp³-hybridized carbons (Fsp3) is 0.833. The van der Waals surface area contributed by atoms with Crippen molar-refractivity contribution in [2.24, 2.45) is 5.92 Å². The number of carbonyl (C=O) groups is 1. The van der Waals surface area contributed by atoms with Gasteiger partial charge in [0.1, 0.15) is 6.10 Å². The van der Waals surface area contributed by atoms with Gasteiger partial charge in [-0.05, 0) is 5.92 Å². The molecule has 12 heavy (non-hydrogen) atoms. The van der Waals surface area contributed by atoms with Crippen LogP contribution in [0, 0.1) is 5.92 Å². The van der Waals surface area contributed by atoms with E-state index in [1.54, 1.807) is 13.8 Å². The van der Waals surface area contributed by atoms with Crippen LogP contribution < -0.4 is 0 Å². The van der Waals surface area contributed by atoms with E-state index in [1.165, 1.54) is 0 Å². The lowest BCUT2D eigenvalue weighted by molar-refractivity contribution is -0.115. The first kappa shape index (κ1) is 11.5. The molecule has 2 atom stereocenters. The van der Waals surface area contributed by atoms with Gasteiger partial charge in [0.2, 0.25) is 0 Å². The quantitative estimate of drug-likeness (QED) is 0.509. The van der Waals surface area contributed by atoms with E-state index in [2.05, 4.69) is 4.18 Å². The molecule has 0 rings (SSSR count). The van der Waals surface area contributed by atoms with Crippen LogP contribution in [-0.4, -0.2) is 25.4 Å². The normalized spacial score (nSPS) is 16.9. The average molecular weight is 196 g/mol. The molecule has 0 heterocycles. The van der Waals surface area contributed by atoms with Crippen LogP contribution in [0.15, 0.2) is 0 Å². The van der Waals surface area contributed by atoms with Crippen LogP contribution in [0.1, 0.15) is 20.3 Å². The van der Waals surface area contributed by atoms with Crippen molar-refractivity contribution in [3.8, 4) is 0 Å². The van der Waals surface area contributed by atoms with E-state index < -0.39 is 16.5 Å². The largest absolute Gasteiger partial charge is 0.398 e. The van der Waals surface area contributed by atoms with Crippen molar-refractivity contribution >= 4 is 16.7 Å². The van der Waals surface area contributed by atoms with Gasteiger partial charge in [0, 0.05) is 0 Å². The first-order valence-electron chi connectivity index (χ1n) is 3.51. The van der Waals surface area contributed by atoms with Crippen LogP contribution in [0.5, 0.6) is 0 Å². The third-order valence-electron chi connectivity index (χ3n) is 1.57. The summed E-state index contributed by atoms with van der Waals surface area (Å²) in [5.74, 6) is -0.232. The summed E-state index contributed by atoms with van der Waals surface area (Å²) in [4.78, 5) is 10.3. The lowest BCUT2D eigenvalue weighted by Gasteiger charge is -2.14. The lowest BCUT2D eigenvalue weighted by Crippen LogP contribution is -2.26. The highest BCUT2D eigenvalue weighted by atomic mass is 32.3. The second-order valence-corrected chi connectivity index (χ2v) is 3.56. The van der Waals surface area contributed by atoms with Gasteiger partial charge in [-0.15, -0.1) is 0 Å². The van der Waals surface area contributed by atoms with Crippen molar-refractivity contribution in [3.63, 3.8) is 0 Å². The van der Waals surface area contributed by atoms with E-state index in [0.29, 0.717) is 12.7 Å². The molecule has 2 unspecified atom stereocenters. The third-order valence-corrected chi connectivity index (χ3v) is 2.04. The second kappa shape index (κ2) is 4.54. The minimum Gasteiger partial charge on any atom is -0.300 e. The minimum absolute atomic E-state index is 0.232. The number of aldehydes is 1. The minimum atomic E-state index is -4.52. The molecule has 0 amide bonds. The summed E-state index contributed by atoms with van der Waals surface area (Å²) in [6.45, 7) is 3.44. The molecule has 6 heteroatoms. The molecular formula is C6H12O5S. The van der Waals surface area contributed by atoms with Gasteiger partial charge in [-0.2, -0.15) is 8.42 Å². The SMILES string of the molecule is CCC(C)C(C=O)OS(=O)(=O)O. The smallest absolute Gasteiger partial charge is 0.300 e. The Kier molecular flexibility index (Phi) is 4.36. The van der Waals surface area contributed by atoms with Crippen LogP contribution in [0.4, 0.5) is 0 Å². The molecule has 72 valence electrons. The van der Waals surface area contributed by atoms with Crippen LogP contribution >= 0.6 is 0 Å². The molecule has 0 radical (unpaired) electrons. The van der Waals surface area contributed by atoms with Crippen LogP contribution in [0.2, 0.25) is 0 Å². The van der Waals surface area contributed by atoms with E-state index in [0.717, 1.165) is 0 Å². The molecular weight excluding hydrogens is 184 g/mol. The highest BCUT2D eigenvalue weighted by molar-refractivity contribution is 7.80. The van der Waals surface area contributed by atoms with E-state index in [9.17, 15) is 13.2 Å². The Morgan fingerprint density at radius 2 is 2.08 bits per heavy atom. The zero-order valence-electron chi connectivity index (χ0n) is 6.93. The van der Waals surface area contributed by atoms with Gasteiger partial charge in [-0.25, -0.2) is 4.18 Å². The number of rotatable bonds is 5. The monoisotopic (exact) mass is 196 g/mol. The number of hydrogen-bond acceptors (Lipinski definition) is 4. The Morgan fingerprint density at radius 3 is 2.33 bits per heavy atom. The standard InChI is InChI=1S/C6H12O5S/c1-3-5(2)6(4-7)11-12(8,9)10/h4-6H,3H2,1-2H3,(H,8,9,10). The number of carbonyl (C=O) groups excluding carboxylic acids is 1. The molecule has 0 aromatic carbocycles. The fourth-order valence-corrected chi connectivity index (χ4v) is 1.14. The van der Waals surface area contributed by atoms with Gasteiger partial charge in [-0.3, -0.25) is 4.55 Å². The first-order valence-corrected chi connectivity index (χ1v) is 4.88. The summed E-state index contributed by atoms with van der Waals surface area (Å²) < 4.78 is 32.7. The Morgan fingerprint density at radius 1 is 1.58 bits per heavy atom. The molecule has 0 aliphatic heterocycles. The summed E-state index contributed by atoms with van der Waals surface area (Å²) in [5.41, 5.74) is 0. The second-order valence-electron chi connectivity index (χ2n) is 2.51. The third kappa shape index (κ3) is 4.42. The fourth-order valence-electron chi connectivity index (χ4n) is 0.624. The molecule has 0 fully saturated rings. The van der Waals surface area contributed by atoms with Gasteiger partial charge in [0.25, 0.3) is 0 Å². The van der Waals surface area contributed by atoms with Crippen molar-refractivity contribution in [2.45, 2.75) is 26.4 Å². The Labute approximate surface area is 71.7 Å². The highest BCUT2D eigenvalue weighted by Gasteiger charge is 2.21. The Hall–Kier alpha value is -0.460. The Bertz CT molecular complexity index is 232. The van der Waals surface area contributed by atoms with Gasteiger partial charge >= 0.3 is 10.4 Å². The molecule has 0 bridgehead atoms. The topological polar surface area (TPSA) is 80.7 Å². The van der Waals surface area contributed by atoms with Crippen molar-refractivity contribution in [1.29, 1.82) is 0 Å². The van der Waals surface area contributed by atoms with E-state index >= 15 is 0 Å². The van der Waals surface area contributed by atoms with Crippen molar-refractivity contribution in [2.75, 3.05) is 0 Å². The molecule has 0 saturated carbocycles. The molecule has 0 aliphatic rings. The Balaban J connectivity index is 4.28. The van der Waals surface area contributed by atoms with Crippen molar-refractivity contribution < 1.29 is 21.9 Å². The summed E-state index contributed by atoms with van der Waals surface area (Å²) >= 11 is 0. The summed E-state index contributed by atoms with van der Waals surface area (Å²) in [6, 6.07) is 0. The molecule has 0 aliphatic carbocycles. The molecule has 0 aromatic heterocycles. The maximum atomic E-state index is 10.3. The molecule has 0 saturated heterocycles. The molecule has 1 N–H and O–H groups in total. The highest BCUT2D eigenvalue weighted by Crippen LogP contribution is 2.11. The number of hydrogen-bond donors (Lipinski definition) is 1. The van der Waals surface area contributed by atoms with Crippen molar-refractivity contribution in [1.82, 2.24) is 0 Å². The molecule has 5 nitrogen and oxygen atoms in total. The summed E-state index contributed by atoms with van der Waals surface area (Å²) in [7, 11) is -4.52. The lowest BCUT2D eigenvalue weighted by atomic mass is 10.0. The van der Waals surface area contributed by atoms with Crippen LogP contribution in [-0.2, 0) is 19.4 Å². The first-order chi connectivity index (χ1) is 5.40. The predicted octanol–water partition coefficient (Wildman–Crippen LogP) is 0.419. The zero-order valence-corrected chi connectivity index (χ0v) is 7.74. The zero-order chi connectivity index (χ0) is 9.78. The van der Waals surface area contributed by atoms with Gasteiger partial charge in [0.15, 0.2) is 6.29 Å². The molecule has 0 spiro atoms. The summed E-state index contributed by atoms with van der Waals surface area (Å²) in [6.07, 6.45) is -0.133. The average Bonchev–Trinajstić information content (AvgIpc) is 1.97. The van der Waals surface area contributed by atoms with Gasteiger partial charge < -0.3 is 4.79 Å². The van der Waals surface area contributed by atoms with Crippen molar-refractivity contribution in [3.05, 3.63) is 0 Å². The van der Waals surface area contributed by atoms with Gasteiger partial charge in [-0.1, -0.05) is 20.3 Å². The predicted molar refractivity (Wildman–Crippen MR) is 41.9 cm³/mol. The van der Waals surface area contributed by atoms with Crippen LogP contribution in [0.25, 0.3) is 0 Å². The van der Waals surface area contributed by atoms with E-state index in [1.807, 2.05) is 0 Å². The van der Waals surface area contributed by atoms with Gasteiger partial charge in [0.05, 0.1) is 0 Å². The van der Waals surface area contributed by atoms with Crippen LogP contribution in [0.3, 0.4) is 0 Å². The van der Waals surface area contributed by atoms with E-state index in [-0.39, 0.29) is 5.92 Å². The summed E-state index contributed by atoms with van der Waals surface area (Å²) in [5, 5.41) is 0. The maximum Gasteiger partial charge on any atom is 0.398 e.